The van der Waals surface area contributed by atoms with Crippen molar-refractivity contribution in [1.29, 1.82) is 0 Å². The number of amides is 1. The summed E-state index contributed by atoms with van der Waals surface area (Å²) >= 11 is 1.42. The molecular weight excluding hydrogens is 398 g/mol. The van der Waals surface area contributed by atoms with Crippen LogP contribution in [-0.4, -0.2) is 48.8 Å². The Labute approximate surface area is 179 Å². The average Bonchev–Trinajstić information content (AvgIpc) is 3.23. The summed E-state index contributed by atoms with van der Waals surface area (Å²) in [6.07, 6.45) is 8.86. The van der Waals surface area contributed by atoms with E-state index in [2.05, 4.69) is 10.2 Å². The van der Waals surface area contributed by atoms with Gasteiger partial charge >= 0.3 is 0 Å². The lowest BCUT2D eigenvalue weighted by Crippen LogP contribution is -2.36. The Morgan fingerprint density at radius 1 is 1.00 bits per heavy atom. The van der Waals surface area contributed by atoms with Crippen LogP contribution in [0.15, 0.2) is 34.2 Å². The average molecular weight is 426 g/mol. The van der Waals surface area contributed by atoms with Crippen LogP contribution >= 0.6 is 11.8 Å². The number of carbonyl (C=O) groups is 1. The van der Waals surface area contributed by atoms with E-state index >= 15 is 0 Å². The Morgan fingerprint density at radius 3 is 2.53 bits per heavy atom. The number of piperidine rings is 1. The number of hydrogen-bond acceptors (Lipinski definition) is 5. The van der Waals surface area contributed by atoms with Gasteiger partial charge in [-0.3, -0.25) is 18.6 Å². The molecule has 0 spiro atoms. The fraction of sp³-hybridized carbons (Fsp3) is 0.545. The zero-order valence-electron chi connectivity index (χ0n) is 17.1. The van der Waals surface area contributed by atoms with Gasteiger partial charge in [-0.25, -0.2) is 0 Å². The van der Waals surface area contributed by atoms with Gasteiger partial charge in [0.2, 0.25) is 11.7 Å². The van der Waals surface area contributed by atoms with E-state index in [1.54, 1.807) is 0 Å². The third-order valence-corrected chi connectivity index (χ3v) is 7.31. The molecule has 1 saturated carbocycles. The van der Waals surface area contributed by atoms with Crippen LogP contribution in [0.1, 0.15) is 57.4 Å². The molecule has 158 valence electrons. The quantitative estimate of drug-likeness (QED) is 0.597. The van der Waals surface area contributed by atoms with Crippen molar-refractivity contribution in [2.75, 3.05) is 18.8 Å². The maximum absolute atomic E-state index is 13.3. The van der Waals surface area contributed by atoms with E-state index in [4.69, 9.17) is 0 Å². The van der Waals surface area contributed by atoms with Gasteiger partial charge in [-0.1, -0.05) is 43.2 Å². The van der Waals surface area contributed by atoms with Crippen molar-refractivity contribution >= 4 is 34.3 Å². The number of para-hydroxylation sites is 1. The number of carbonyl (C=O) groups excluding carboxylic acids is 1. The first kappa shape index (κ1) is 19.6. The van der Waals surface area contributed by atoms with Gasteiger partial charge in [0.15, 0.2) is 5.16 Å². The van der Waals surface area contributed by atoms with Crippen molar-refractivity contribution in [3.8, 4) is 0 Å². The predicted molar refractivity (Wildman–Crippen MR) is 118 cm³/mol. The molecular formula is C22H27N5O2S. The highest BCUT2D eigenvalue weighted by molar-refractivity contribution is 7.99. The molecule has 2 aliphatic rings. The van der Waals surface area contributed by atoms with Crippen LogP contribution in [0.2, 0.25) is 0 Å². The molecule has 0 unspecified atom stereocenters. The minimum atomic E-state index is 0.0124. The second kappa shape index (κ2) is 8.41. The van der Waals surface area contributed by atoms with Gasteiger partial charge in [0.25, 0.3) is 5.56 Å². The largest absolute Gasteiger partial charge is 0.342 e. The van der Waals surface area contributed by atoms with E-state index in [-0.39, 0.29) is 17.5 Å². The van der Waals surface area contributed by atoms with Crippen molar-refractivity contribution in [3.63, 3.8) is 0 Å². The number of benzene rings is 1. The molecule has 1 saturated heterocycles. The smallest absolute Gasteiger partial charge is 0.263 e. The fourth-order valence-corrected chi connectivity index (χ4v) is 5.66. The molecule has 0 bridgehead atoms. The van der Waals surface area contributed by atoms with Crippen molar-refractivity contribution in [1.82, 2.24) is 24.1 Å². The van der Waals surface area contributed by atoms with Gasteiger partial charge in [-0.05, 0) is 44.2 Å². The lowest BCUT2D eigenvalue weighted by atomic mass is 9.95. The zero-order chi connectivity index (χ0) is 20.5. The number of hydrogen-bond donors (Lipinski definition) is 0. The predicted octanol–water partition coefficient (Wildman–Crippen LogP) is 3.65. The highest BCUT2D eigenvalue weighted by atomic mass is 32.2. The highest BCUT2D eigenvalue weighted by Crippen LogP contribution is 2.30. The Hall–Kier alpha value is -2.35. The number of aromatic nitrogens is 4. The minimum absolute atomic E-state index is 0.0124. The number of thioether (sulfide) groups is 1. The Balaban J connectivity index is 1.54. The molecule has 1 amide bonds. The van der Waals surface area contributed by atoms with Crippen LogP contribution < -0.4 is 5.56 Å². The molecule has 0 radical (unpaired) electrons. The first-order chi connectivity index (χ1) is 14.7. The summed E-state index contributed by atoms with van der Waals surface area (Å²) in [5.74, 6) is 1.09. The van der Waals surface area contributed by atoms with Crippen molar-refractivity contribution in [2.24, 2.45) is 0 Å². The van der Waals surface area contributed by atoms with Crippen LogP contribution in [0.4, 0.5) is 0 Å². The van der Waals surface area contributed by atoms with E-state index in [9.17, 15) is 9.59 Å². The topological polar surface area (TPSA) is 72.5 Å². The number of nitrogens with zero attached hydrogens (tertiary/aromatic N) is 5. The van der Waals surface area contributed by atoms with Crippen LogP contribution in [0.25, 0.3) is 16.7 Å². The minimum Gasteiger partial charge on any atom is -0.342 e. The standard InChI is InChI=1S/C22H27N5O2S/c28-19(25-13-7-2-8-14-25)15-30-22-24-23-21-26(16-9-3-1-4-10-16)20(29)17-11-5-6-12-18(17)27(21)22/h5-6,11-12,16H,1-4,7-10,13-15H2. The second-order valence-corrected chi connectivity index (χ2v) is 9.27. The number of fused-ring (bicyclic) bond motifs is 3. The Kier molecular flexibility index (Phi) is 5.50. The molecule has 2 aromatic heterocycles. The molecule has 3 heterocycles. The summed E-state index contributed by atoms with van der Waals surface area (Å²) in [6, 6.07) is 7.81. The van der Waals surface area contributed by atoms with E-state index in [0.29, 0.717) is 22.1 Å². The van der Waals surface area contributed by atoms with E-state index in [1.165, 1.54) is 24.6 Å². The van der Waals surface area contributed by atoms with Crippen LogP contribution in [-0.2, 0) is 4.79 Å². The lowest BCUT2D eigenvalue weighted by molar-refractivity contribution is -0.129. The monoisotopic (exact) mass is 425 g/mol. The third-order valence-electron chi connectivity index (χ3n) is 6.40. The molecule has 8 heteroatoms. The molecule has 1 aliphatic carbocycles. The van der Waals surface area contributed by atoms with Gasteiger partial charge in [-0.15, -0.1) is 10.2 Å². The van der Waals surface area contributed by atoms with Crippen molar-refractivity contribution in [2.45, 2.75) is 62.6 Å². The summed E-state index contributed by atoms with van der Waals surface area (Å²) in [4.78, 5) is 27.9. The third kappa shape index (κ3) is 3.51. The molecule has 1 aliphatic heterocycles. The molecule has 1 aromatic carbocycles. The highest BCUT2D eigenvalue weighted by Gasteiger charge is 2.24. The van der Waals surface area contributed by atoms with E-state index in [1.807, 2.05) is 38.1 Å². The van der Waals surface area contributed by atoms with Crippen LogP contribution in [0.5, 0.6) is 0 Å². The van der Waals surface area contributed by atoms with Crippen molar-refractivity contribution < 1.29 is 4.79 Å². The van der Waals surface area contributed by atoms with E-state index < -0.39 is 0 Å². The molecule has 7 nitrogen and oxygen atoms in total. The maximum atomic E-state index is 13.3. The maximum Gasteiger partial charge on any atom is 0.263 e. The summed E-state index contributed by atoms with van der Waals surface area (Å²) in [5, 5.41) is 10.2. The molecule has 5 rings (SSSR count). The summed E-state index contributed by atoms with van der Waals surface area (Å²) < 4.78 is 3.82. The summed E-state index contributed by atoms with van der Waals surface area (Å²) in [7, 11) is 0. The van der Waals surface area contributed by atoms with Crippen LogP contribution in [0.3, 0.4) is 0 Å². The zero-order valence-corrected chi connectivity index (χ0v) is 17.9. The van der Waals surface area contributed by atoms with Gasteiger partial charge in [0.05, 0.1) is 16.7 Å². The molecule has 0 N–H and O–H groups in total. The normalized spacial score (nSPS) is 18.3. The SMILES string of the molecule is O=C(CSc1nnc2n(C3CCCCC3)c(=O)c3ccccc3n12)N1CCCCC1. The van der Waals surface area contributed by atoms with E-state index in [0.717, 1.165) is 57.1 Å². The molecule has 2 fully saturated rings. The lowest BCUT2D eigenvalue weighted by Gasteiger charge is -2.26. The second-order valence-electron chi connectivity index (χ2n) is 8.33. The molecule has 30 heavy (non-hydrogen) atoms. The summed E-state index contributed by atoms with van der Waals surface area (Å²) in [5.41, 5.74) is 0.820. The Bertz CT molecular complexity index is 1130. The van der Waals surface area contributed by atoms with Gasteiger partial charge in [0.1, 0.15) is 0 Å². The van der Waals surface area contributed by atoms with Crippen LogP contribution in [0, 0.1) is 0 Å². The fourth-order valence-electron chi connectivity index (χ4n) is 4.82. The first-order valence-corrected chi connectivity index (χ1v) is 12.0. The molecule has 0 atom stereocenters. The molecule has 3 aromatic rings. The number of rotatable bonds is 4. The van der Waals surface area contributed by atoms with Gasteiger partial charge in [0, 0.05) is 19.1 Å². The number of likely N-dealkylation sites (tertiary alicyclic amines) is 1. The van der Waals surface area contributed by atoms with Crippen molar-refractivity contribution in [3.05, 3.63) is 34.6 Å². The van der Waals surface area contributed by atoms with Gasteiger partial charge < -0.3 is 4.90 Å². The Morgan fingerprint density at radius 2 is 1.73 bits per heavy atom. The first-order valence-electron chi connectivity index (χ1n) is 11.0. The summed E-state index contributed by atoms with van der Waals surface area (Å²) in [6.45, 7) is 1.70. The van der Waals surface area contributed by atoms with Gasteiger partial charge in [-0.2, -0.15) is 0 Å².